The Kier molecular flexibility index (Phi) is 47.8. The Morgan fingerprint density at radius 1 is 0.383 bits per heavy atom. The zero-order valence-electron chi connectivity index (χ0n) is 71.3. The number of ketones is 4. The van der Waals surface area contributed by atoms with Gasteiger partial charge in [-0.3, -0.25) is 24.2 Å². The summed E-state index contributed by atoms with van der Waals surface area (Å²) in [4.78, 5) is 59.6. The molecule has 4 N–H and O–H groups in total. The van der Waals surface area contributed by atoms with Crippen LogP contribution in [0.4, 0.5) is 0 Å². The third kappa shape index (κ3) is 37.3. The number of aliphatic hydroxyl groups is 4. The first-order valence-electron chi connectivity index (χ1n) is 38.3. The van der Waals surface area contributed by atoms with E-state index >= 15 is 0 Å². The molecule has 13 rings (SSSR count). The minimum Gasteiger partial charge on any atom is -0.512 e. The predicted octanol–water partition coefficient (Wildman–Crippen LogP) is 25.7. The third-order valence-electron chi connectivity index (χ3n) is 17.0. The Hall–Kier alpha value is -10.7. The van der Waals surface area contributed by atoms with Gasteiger partial charge in [0.2, 0.25) is 0 Å². The molecule has 120 heavy (non-hydrogen) atoms. The zero-order chi connectivity index (χ0) is 85.0. The van der Waals surface area contributed by atoms with Crippen molar-refractivity contribution in [3.8, 4) is 78.4 Å². The molecule has 0 fully saturated rings. The second-order valence-corrected chi connectivity index (χ2v) is 28.7. The van der Waals surface area contributed by atoms with Crippen molar-refractivity contribution in [1.82, 2.24) is 19.9 Å². The second-order valence-electron chi connectivity index (χ2n) is 28.7. The quantitative estimate of drug-likeness (QED) is 0.0457. The van der Waals surface area contributed by atoms with Gasteiger partial charge in [-0.1, -0.05) is 191 Å². The van der Waals surface area contributed by atoms with Crippen LogP contribution in [0.3, 0.4) is 0 Å². The third-order valence-corrected chi connectivity index (χ3v) is 17.0. The second kappa shape index (κ2) is 54.5. The van der Waals surface area contributed by atoms with Crippen LogP contribution in [0.5, 0.6) is 0 Å². The molecule has 0 aliphatic carbocycles. The molecular weight excluding hydrogens is 2200 g/mol. The molecule has 0 amide bonds. The normalized spacial score (nSPS) is 10.6. The number of aryl methyl sites for hydroxylation is 8. The fourth-order valence-electron chi connectivity index (χ4n) is 12.4. The van der Waals surface area contributed by atoms with Crippen molar-refractivity contribution in [2.75, 3.05) is 0 Å². The van der Waals surface area contributed by atoms with E-state index in [0.717, 1.165) is 68.1 Å². The molecule has 0 aliphatic heterocycles. The number of rotatable bonds is 14. The molecule has 0 spiro atoms. The number of nitrogens with zero attached hydrogens (tertiary/aromatic N) is 4. The zero-order valence-corrected chi connectivity index (χ0v) is 80.9. The van der Waals surface area contributed by atoms with Crippen LogP contribution in [-0.2, 0) is 106 Å². The molecular formula is C104H106Ir4N4O8-4. The molecule has 0 unspecified atom stereocenters. The molecule has 12 nitrogen and oxygen atoms in total. The summed E-state index contributed by atoms with van der Waals surface area (Å²) in [5.74, 6) is 0.388. The van der Waals surface area contributed by atoms with E-state index < -0.39 is 0 Å². The average molecular weight is 2310 g/mol. The summed E-state index contributed by atoms with van der Waals surface area (Å²) in [5.41, 5.74) is 29.0. The molecule has 13 aromatic rings. The summed E-state index contributed by atoms with van der Waals surface area (Å²) < 4.78 is 0. The molecule has 4 radical (unpaired) electrons. The number of aromatic nitrogens is 4. The Morgan fingerprint density at radius 2 is 0.850 bits per heavy atom. The van der Waals surface area contributed by atoms with E-state index in [0.29, 0.717) is 11.5 Å². The van der Waals surface area contributed by atoms with E-state index in [1.54, 1.807) is 12.1 Å². The summed E-state index contributed by atoms with van der Waals surface area (Å²) in [5, 5.41) is 35.7. The van der Waals surface area contributed by atoms with Crippen molar-refractivity contribution >= 4 is 39.6 Å². The first-order valence-corrected chi connectivity index (χ1v) is 38.3. The Morgan fingerprint density at radius 3 is 1.32 bits per heavy atom. The number of Topliss-reactive ketones (excluding diaryl/α,β-unsaturated/α-hetero) is 1. The van der Waals surface area contributed by atoms with Crippen LogP contribution in [0.25, 0.3) is 94.9 Å². The van der Waals surface area contributed by atoms with Crippen LogP contribution in [0.1, 0.15) is 125 Å². The van der Waals surface area contributed by atoms with Gasteiger partial charge in [-0.05, 0) is 193 Å². The number of aliphatic hydroxyl groups excluding tert-OH is 4. The van der Waals surface area contributed by atoms with Gasteiger partial charge in [-0.15, -0.1) is 142 Å². The molecule has 4 heterocycles. The van der Waals surface area contributed by atoms with Gasteiger partial charge in [0.05, 0.1) is 28.4 Å². The molecule has 0 saturated carbocycles. The maximum absolute atomic E-state index is 11.2. The van der Waals surface area contributed by atoms with Crippen molar-refractivity contribution in [3.63, 3.8) is 0 Å². The Balaban J connectivity index is 0.000000478. The van der Waals surface area contributed by atoms with Crippen LogP contribution < -0.4 is 0 Å². The van der Waals surface area contributed by atoms with E-state index in [-0.39, 0.29) is 127 Å². The molecule has 0 aliphatic rings. The van der Waals surface area contributed by atoms with Gasteiger partial charge in [0.25, 0.3) is 0 Å². The minimum absolute atomic E-state index is 0. The smallest absolute Gasteiger partial charge is 0.163 e. The molecule has 0 atom stereocenters. The molecule has 630 valence electrons. The Bertz CT molecular complexity index is 5450. The van der Waals surface area contributed by atoms with Gasteiger partial charge in [0, 0.05) is 128 Å². The number of allylic oxidation sites excluding steroid dienone is 8. The van der Waals surface area contributed by atoms with E-state index in [1.807, 2.05) is 122 Å². The van der Waals surface area contributed by atoms with Crippen LogP contribution in [0.2, 0.25) is 0 Å². The maximum atomic E-state index is 11.2. The SMILES string of the molecule is CC(=O)C(=C(C)O)c1ccccc1.CC(=O)C=C(C)O.CC(=O)C=C(C)O.CC(=O)C=C(C)O.Cc1[c-]c(-c2cc(CC(C)C)c3ccccc3n2)cc(C)c1.Cc1cc(C)cc(-c2cnc(-c3[c-]cccc3)cc2C)c1.Cc1cc[c-]c(-c2cc(-c3ccccc3)ccn2)c1.Cc1ccc(-c2ccnc(-c3[c-]cccc3)c2)c(C)c1.[Ir].[Ir].[Ir].[Ir]. The summed E-state index contributed by atoms with van der Waals surface area (Å²) >= 11 is 0. The summed E-state index contributed by atoms with van der Waals surface area (Å²) in [7, 11) is 0. The fourth-order valence-corrected chi connectivity index (χ4v) is 12.4. The monoisotopic (exact) mass is 2310 g/mol. The van der Waals surface area contributed by atoms with Crippen molar-refractivity contribution in [1.29, 1.82) is 0 Å². The largest absolute Gasteiger partial charge is 0.512 e. The number of benzene rings is 9. The van der Waals surface area contributed by atoms with Crippen LogP contribution in [0, 0.1) is 85.6 Å². The van der Waals surface area contributed by atoms with Gasteiger partial charge < -0.3 is 35.4 Å². The van der Waals surface area contributed by atoms with Crippen LogP contribution in [-0.4, -0.2) is 63.5 Å². The number of carbonyl (C=O) groups excluding carboxylic acids is 4. The van der Waals surface area contributed by atoms with Crippen molar-refractivity contribution < 1.29 is 120 Å². The minimum atomic E-state index is -0.125. The molecule has 16 heteroatoms. The molecule has 9 aromatic carbocycles. The standard InChI is InChI=1S/C21H22N.C20H18N.C19H16N.C18H14N.C11H12O2.3C5H8O2.4Ir/c1-14(2)9-17-13-21(18-11-15(3)10-16(4)12-18)22-20-8-6-5-7-19(17)20;1-14-9-15(2)11-18(10-14)19-13-21-20(12-16(19)3)17-7-5-4-6-8-17;1-14-8-9-18(15(2)12-14)17-10-11-20-19(13-17)16-6-4-3-5-7-16;1-14-6-5-9-17(12-14)18-13-16(10-11-19-18)15-7-3-2-4-8-15;1-8(12)11(9(2)13)10-6-4-3-5-7-10;3*1-4(6)3-5(2)7;;;;/h5-8,10-11,13-14H,9H2,1-4H3;4-7,9-13H,1-3H3;3-6,8-13H,1-2H3;2-8,10-13H,1H3;3-7,12H,1-2H3;3*3,6H,1-2H3;;;;/q4*-1;;;;;;;;. The van der Waals surface area contributed by atoms with Gasteiger partial charge in [0.1, 0.15) is 5.76 Å². The number of fused-ring (bicyclic) bond motifs is 1. The first kappa shape index (κ1) is 105. The maximum Gasteiger partial charge on any atom is 0.163 e. The van der Waals surface area contributed by atoms with Gasteiger partial charge in [0.15, 0.2) is 23.1 Å². The van der Waals surface area contributed by atoms with Gasteiger partial charge >= 0.3 is 0 Å². The summed E-state index contributed by atoms with van der Waals surface area (Å²) in [6, 6.07) is 93.2. The van der Waals surface area contributed by atoms with Gasteiger partial charge in [-0.25, -0.2) is 0 Å². The fraction of sp³-hybridized carbons (Fsp3) is 0.192. The van der Waals surface area contributed by atoms with Crippen LogP contribution in [0.15, 0.2) is 296 Å². The number of para-hydroxylation sites is 1. The first-order chi connectivity index (χ1) is 55.2. The van der Waals surface area contributed by atoms with Gasteiger partial charge in [-0.2, -0.15) is 0 Å². The number of pyridine rings is 4. The number of hydrogen-bond donors (Lipinski definition) is 4. The average Bonchev–Trinajstić information content (AvgIpc) is 0.795. The van der Waals surface area contributed by atoms with Crippen molar-refractivity contribution in [2.24, 2.45) is 5.92 Å². The van der Waals surface area contributed by atoms with E-state index in [4.69, 9.17) is 20.3 Å². The number of hydrogen-bond acceptors (Lipinski definition) is 12. The van der Waals surface area contributed by atoms with E-state index in [1.165, 1.54) is 157 Å². The van der Waals surface area contributed by atoms with Crippen LogP contribution >= 0.6 is 0 Å². The Labute approximate surface area is 764 Å². The molecule has 4 aromatic heterocycles. The number of carbonyl (C=O) groups is 4. The van der Waals surface area contributed by atoms with E-state index in [2.05, 4.69) is 230 Å². The van der Waals surface area contributed by atoms with E-state index in [9.17, 15) is 24.3 Å². The predicted molar refractivity (Wildman–Crippen MR) is 478 cm³/mol. The molecule has 0 bridgehead atoms. The van der Waals surface area contributed by atoms with Crippen molar-refractivity contribution in [2.45, 2.75) is 131 Å². The van der Waals surface area contributed by atoms with Crippen molar-refractivity contribution in [3.05, 3.63) is 376 Å². The topological polar surface area (TPSA) is 201 Å². The summed E-state index contributed by atoms with van der Waals surface area (Å²) in [6.45, 7) is 33.0. The molecule has 0 saturated heterocycles. The summed E-state index contributed by atoms with van der Waals surface area (Å²) in [6.07, 6.45) is 10.3.